The molecule has 0 N–H and O–H groups in total. The van der Waals surface area contributed by atoms with E-state index in [1.165, 1.54) is 0 Å². The van der Waals surface area contributed by atoms with Crippen molar-refractivity contribution in [2.24, 2.45) is 0 Å². The van der Waals surface area contributed by atoms with E-state index in [1.807, 2.05) is 20.8 Å². The first-order chi connectivity index (χ1) is 6.37. The van der Waals surface area contributed by atoms with E-state index < -0.39 is 0 Å². The molecular weight excluding hydrogens is 246 g/mol. The Kier molecular flexibility index (Phi) is 2.95. The van der Waals surface area contributed by atoms with Gasteiger partial charge in [0.2, 0.25) is 0 Å². The first kappa shape index (κ1) is 11.2. The second-order valence-corrected chi connectivity index (χ2v) is 4.21. The zero-order valence-corrected chi connectivity index (χ0v) is 10.2. The Balaban J connectivity index is 3.68. The van der Waals surface area contributed by atoms with Crippen LogP contribution in [0.3, 0.4) is 0 Å². The second kappa shape index (κ2) is 3.69. The lowest BCUT2D eigenvalue weighted by Gasteiger charge is -2.11. The summed E-state index contributed by atoms with van der Waals surface area (Å²) in [5.41, 5.74) is 3.98. The Morgan fingerprint density at radius 3 is 1.86 bits per heavy atom. The minimum Gasteiger partial charge on any atom is -0.258 e. The molecule has 1 aromatic rings. The average molecular weight is 258 g/mol. The van der Waals surface area contributed by atoms with E-state index in [4.69, 9.17) is 0 Å². The normalized spacial score (nSPS) is 10.4. The van der Waals surface area contributed by atoms with Crippen LogP contribution in [-0.4, -0.2) is 4.92 Å². The molecule has 4 heteroatoms. The quantitative estimate of drug-likeness (QED) is 0.570. The minimum absolute atomic E-state index is 0.186. The largest absolute Gasteiger partial charge is 0.286 e. The number of hydrogen-bond acceptors (Lipinski definition) is 2. The summed E-state index contributed by atoms with van der Waals surface area (Å²) < 4.78 is 0.600. The van der Waals surface area contributed by atoms with Crippen molar-refractivity contribution in [3.05, 3.63) is 36.8 Å². The van der Waals surface area contributed by atoms with E-state index >= 15 is 0 Å². The SMILES string of the molecule is Cc1c(C)c(C)c([N+](=O)[O-])c(Br)c1C. The molecule has 0 aliphatic carbocycles. The second-order valence-electron chi connectivity index (χ2n) is 3.42. The number of nitro groups is 1. The molecule has 0 bridgehead atoms. The van der Waals surface area contributed by atoms with Crippen LogP contribution < -0.4 is 0 Å². The first-order valence-electron chi connectivity index (χ1n) is 4.28. The molecule has 0 atom stereocenters. The van der Waals surface area contributed by atoms with Crippen molar-refractivity contribution in [2.75, 3.05) is 0 Å². The van der Waals surface area contributed by atoms with E-state index in [0.717, 1.165) is 22.3 Å². The summed E-state index contributed by atoms with van der Waals surface area (Å²) in [6, 6.07) is 0. The van der Waals surface area contributed by atoms with Gasteiger partial charge in [0.1, 0.15) is 0 Å². The van der Waals surface area contributed by atoms with Crippen LogP contribution in [0.25, 0.3) is 0 Å². The highest BCUT2D eigenvalue weighted by Crippen LogP contribution is 2.36. The van der Waals surface area contributed by atoms with Crippen LogP contribution in [-0.2, 0) is 0 Å². The number of hydrogen-bond donors (Lipinski definition) is 0. The number of nitrogens with zero attached hydrogens (tertiary/aromatic N) is 1. The zero-order chi connectivity index (χ0) is 11.0. The molecule has 76 valence electrons. The Labute approximate surface area is 91.4 Å². The van der Waals surface area contributed by atoms with Gasteiger partial charge in [-0.2, -0.15) is 0 Å². The fourth-order valence-electron chi connectivity index (χ4n) is 1.46. The van der Waals surface area contributed by atoms with Gasteiger partial charge < -0.3 is 0 Å². The Bertz CT molecular complexity index is 384. The van der Waals surface area contributed by atoms with Crippen molar-refractivity contribution < 1.29 is 4.92 Å². The summed E-state index contributed by atoms with van der Waals surface area (Å²) in [6.45, 7) is 7.56. The van der Waals surface area contributed by atoms with Gasteiger partial charge in [0.15, 0.2) is 0 Å². The Morgan fingerprint density at radius 2 is 1.43 bits per heavy atom. The maximum atomic E-state index is 10.8. The zero-order valence-electron chi connectivity index (χ0n) is 8.64. The topological polar surface area (TPSA) is 43.1 Å². The average Bonchev–Trinajstić information content (AvgIpc) is 2.11. The molecule has 0 aliphatic heterocycles. The molecule has 0 unspecified atom stereocenters. The first-order valence-corrected chi connectivity index (χ1v) is 5.07. The highest BCUT2D eigenvalue weighted by Gasteiger charge is 2.21. The summed E-state index contributed by atoms with van der Waals surface area (Å²) in [5.74, 6) is 0. The summed E-state index contributed by atoms with van der Waals surface area (Å²) in [7, 11) is 0. The van der Waals surface area contributed by atoms with Crippen molar-refractivity contribution in [1.29, 1.82) is 0 Å². The van der Waals surface area contributed by atoms with Crippen molar-refractivity contribution >= 4 is 21.6 Å². The van der Waals surface area contributed by atoms with Gasteiger partial charge in [-0.1, -0.05) is 0 Å². The van der Waals surface area contributed by atoms with E-state index in [9.17, 15) is 10.1 Å². The van der Waals surface area contributed by atoms with Crippen LogP contribution in [0.15, 0.2) is 4.47 Å². The lowest BCUT2D eigenvalue weighted by Crippen LogP contribution is -2.00. The van der Waals surface area contributed by atoms with Gasteiger partial charge in [-0.05, 0) is 60.3 Å². The van der Waals surface area contributed by atoms with Crippen LogP contribution in [0.4, 0.5) is 5.69 Å². The number of halogens is 1. The van der Waals surface area contributed by atoms with E-state index in [2.05, 4.69) is 15.9 Å². The molecule has 3 nitrogen and oxygen atoms in total. The minimum atomic E-state index is -0.334. The van der Waals surface area contributed by atoms with Gasteiger partial charge in [-0.15, -0.1) is 0 Å². The summed E-state index contributed by atoms with van der Waals surface area (Å²) in [4.78, 5) is 10.5. The maximum absolute atomic E-state index is 10.8. The number of benzene rings is 1. The molecule has 0 saturated carbocycles. The molecule has 0 fully saturated rings. The van der Waals surface area contributed by atoms with Crippen LogP contribution in [0.1, 0.15) is 22.3 Å². The van der Waals surface area contributed by atoms with Gasteiger partial charge in [0.05, 0.1) is 9.40 Å². The van der Waals surface area contributed by atoms with E-state index in [0.29, 0.717) is 4.47 Å². The van der Waals surface area contributed by atoms with Crippen molar-refractivity contribution in [2.45, 2.75) is 27.7 Å². The Morgan fingerprint density at radius 1 is 1.00 bits per heavy atom. The highest BCUT2D eigenvalue weighted by atomic mass is 79.9. The molecule has 0 amide bonds. The molecule has 1 aromatic carbocycles. The van der Waals surface area contributed by atoms with Crippen molar-refractivity contribution in [3.63, 3.8) is 0 Å². The third-order valence-electron chi connectivity index (χ3n) is 2.76. The van der Waals surface area contributed by atoms with Crippen LogP contribution in [0.5, 0.6) is 0 Å². The van der Waals surface area contributed by atoms with Gasteiger partial charge in [0, 0.05) is 5.56 Å². The monoisotopic (exact) mass is 257 g/mol. The molecule has 0 aliphatic rings. The molecule has 0 saturated heterocycles. The van der Waals surface area contributed by atoms with Crippen LogP contribution in [0.2, 0.25) is 0 Å². The van der Waals surface area contributed by atoms with Crippen molar-refractivity contribution in [3.8, 4) is 0 Å². The standard InChI is InChI=1S/C10H12BrNO2/c1-5-6(2)8(4)10(12(13)14)9(11)7(5)3/h1-4H3. The Hall–Kier alpha value is -0.900. The van der Waals surface area contributed by atoms with Gasteiger partial charge in [-0.25, -0.2) is 0 Å². The molecule has 0 heterocycles. The van der Waals surface area contributed by atoms with Crippen LogP contribution in [0, 0.1) is 37.8 Å². The highest BCUT2D eigenvalue weighted by molar-refractivity contribution is 9.10. The number of rotatable bonds is 1. The fourth-order valence-corrected chi connectivity index (χ4v) is 2.20. The van der Waals surface area contributed by atoms with Crippen LogP contribution >= 0.6 is 15.9 Å². The maximum Gasteiger partial charge on any atom is 0.286 e. The fraction of sp³-hybridized carbons (Fsp3) is 0.400. The molecule has 0 spiro atoms. The number of nitro benzene ring substituents is 1. The van der Waals surface area contributed by atoms with Gasteiger partial charge in [0.25, 0.3) is 5.69 Å². The predicted molar refractivity (Wildman–Crippen MR) is 59.7 cm³/mol. The van der Waals surface area contributed by atoms with Gasteiger partial charge in [-0.3, -0.25) is 10.1 Å². The molecule has 14 heavy (non-hydrogen) atoms. The van der Waals surface area contributed by atoms with E-state index in [-0.39, 0.29) is 10.6 Å². The summed E-state index contributed by atoms with van der Waals surface area (Å²) >= 11 is 3.27. The molecule has 1 rings (SSSR count). The molecule has 0 radical (unpaired) electrons. The smallest absolute Gasteiger partial charge is 0.258 e. The summed E-state index contributed by atoms with van der Waals surface area (Å²) in [5, 5.41) is 10.8. The third kappa shape index (κ3) is 1.54. The molecular formula is C10H12BrNO2. The van der Waals surface area contributed by atoms with Gasteiger partial charge >= 0.3 is 0 Å². The summed E-state index contributed by atoms with van der Waals surface area (Å²) in [6.07, 6.45) is 0. The lowest BCUT2D eigenvalue weighted by molar-refractivity contribution is -0.386. The predicted octanol–water partition coefficient (Wildman–Crippen LogP) is 3.59. The van der Waals surface area contributed by atoms with E-state index in [1.54, 1.807) is 6.92 Å². The lowest BCUT2D eigenvalue weighted by atomic mass is 9.98. The van der Waals surface area contributed by atoms with Crippen molar-refractivity contribution in [1.82, 2.24) is 0 Å². The molecule has 0 aromatic heterocycles. The third-order valence-corrected chi connectivity index (χ3v) is 3.73.